The van der Waals surface area contributed by atoms with Crippen molar-refractivity contribution in [3.8, 4) is 17.0 Å². The van der Waals surface area contributed by atoms with Gasteiger partial charge in [0.05, 0.1) is 12.2 Å². The molecule has 0 spiro atoms. The number of hydrogen-bond donors (Lipinski definition) is 4. The lowest BCUT2D eigenvalue weighted by molar-refractivity contribution is 0.0533. The Bertz CT molecular complexity index is 1140. The first-order chi connectivity index (χ1) is 15.6. The van der Waals surface area contributed by atoms with Gasteiger partial charge in [0.2, 0.25) is 0 Å². The standard InChI is InChI=1S/C25H29N3O4.ClH/c29-14-18(30)15-32-23-7-5-19(24-20(23)12-26-25(24)31)22-11-17-10-16(4-6-21(17)27-22)13-28-8-2-1-3-9-28;/h4-7,10-11,18,27,29-30H,1-3,8-9,12-15H2,(H,26,31);1H. The third kappa shape index (κ3) is 4.87. The summed E-state index contributed by atoms with van der Waals surface area (Å²) in [6.07, 6.45) is 2.94. The van der Waals surface area contributed by atoms with Crippen LogP contribution in [0.25, 0.3) is 22.2 Å². The molecule has 7 nitrogen and oxygen atoms in total. The van der Waals surface area contributed by atoms with Gasteiger partial charge in [0.1, 0.15) is 18.5 Å². The van der Waals surface area contributed by atoms with E-state index in [9.17, 15) is 9.90 Å². The highest BCUT2D eigenvalue weighted by atomic mass is 35.5. The number of halogens is 1. The van der Waals surface area contributed by atoms with Gasteiger partial charge in [0.25, 0.3) is 5.91 Å². The molecule has 0 saturated carbocycles. The first-order valence-electron chi connectivity index (χ1n) is 11.3. The molecule has 1 fully saturated rings. The molecule has 3 heterocycles. The summed E-state index contributed by atoms with van der Waals surface area (Å²) in [6.45, 7) is 3.30. The van der Waals surface area contributed by atoms with E-state index in [0.717, 1.165) is 34.3 Å². The summed E-state index contributed by atoms with van der Waals surface area (Å²) in [4.78, 5) is 18.6. The fraction of sp³-hybridized carbons (Fsp3) is 0.400. The van der Waals surface area contributed by atoms with Crippen LogP contribution in [0.3, 0.4) is 0 Å². The van der Waals surface area contributed by atoms with Crippen LogP contribution in [0.4, 0.5) is 0 Å². The SMILES string of the molecule is Cl.O=C1NCc2c(OCC(O)CO)ccc(-c3cc4cc(CN5CCCCC5)ccc4[nH]3)c21. The molecule has 2 aromatic carbocycles. The third-order valence-electron chi connectivity index (χ3n) is 6.39. The second kappa shape index (κ2) is 10.1. The maximum atomic E-state index is 12.6. The zero-order valence-corrected chi connectivity index (χ0v) is 19.3. The molecule has 4 N–H and O–H groups in total. The highest BCUT2D eigenvalue weighted by molar-refractivity contribution is 6.05. The molecule has 1 amide bonds. The quantitative estimate of drug-likeness (QED) is 0.424. The number of H-pyrrole nitrogens is 1. The van der Waals surface area contributed by atoms with Crippen LogP contribution in [0.1, 0.15) is 40.7 Å². The molecule has 2 aliphatic heterocycles. The number of aromatic amines is 1. The third-order valence-corrected chi connectivity index (χ3v) is 6.39. The topological polar surface area (TPSA) is 97.8 Å². The maximum Gasteiger partial charge on any atom is 0.252 e. The summed E-state index contributed by atoms with van der Waals surface area (Å²) >= 11 is 0. The van der Waals surface area contributed by atoms with Crippen molar-refractivity contribution in [3.05, 3.63) is 53.1 Å². The number of carbonyl (C=O) groups is 1. The highest BCUT2D eigenvalue weighted by Gasteiger charge is 2.27. The van der Waals surface area contributed by atoms with Gasteiger partial charge < -0.3 is 25.3 Å². The number of benzene rings is 2. The molecule has 5 rings (SSSR count). The Morgan fingerprint density at radius 1 is 1.09 bits per heavy atom. The number of aromatic nitrogens is 1. The van der Waals surface area contributed by atoms with Crippen molar-refractivity contribution in [1.29, 1.82) is 0 Å². The Kier molecular flexibility index (Phi) is 7.24. The minimum absolute atomic E-state index is 0. The predicted molar refractivity (Wildman–Crippen MR) is 130 cm³/mol. The van der Waals surface area contributed by atoms with Crippen molar-refractivity contribution in [1.82, 2.24) is 15.2 Å². The van der Waals surface area contributed by atoms with Crippen molar-refractivity contribution in [2.75, 3.05) is 26.3 Å². The number of ether oxygens (including phenoxy) is 1. The summed E-state index contributed by atoms with van der Waals surface area (Å²) < 4.78 is 5.67. The summed E-state index contributed by atoms with van der Waals surface area (Å²) in [6, 6.07) is 12.3. The minimum atomic E-state index is -0.955. The molecule has 1 unspecified atom stereocenters. The van der Waals surface area contributed by atoms with E-state index in [4.69, 9.17) is 9.84 Å². The number of nitrogens with one attached hydrogen (secondary N) is 2. The fourth-order valence-corrected chi connectivity index (χ4v) is 4.72. The molecule has 1 atom stereocenters. The van der Waals surface area contributed by atoms with E-state index in [1.54, 1.807) is 0 Å². The summed E-state index contributed by atoms with van der Waals surface area (Å²) in [5, 5.41) is 22.6. The molecule has 0 radical (unpaired) electrons. The second-order valence-electron chi connectivity index (χ2n) is 8.74. The van der Waals surface area contributed by atoms with Crippen molar-refractivity contribution >= 4 is 29.2 Å². The Morgan fingerprint density at radius 3 is 2.70 bits per heavy atom. The number of hydrogen-bond acceptors (Lipinski definition) is 5. The zero-order chi connectivity index (χ0) is 22.1. The van der Waals surface area contributed by atoms with E-state index in [1.807, 2.05) is 12.1 Å². The number of nitrogens with zero attached hydrogens (tertiary/aromatic N) is 1. The van der Waals surface area contributed by atoms with Gasteiger partial charge in [-0.15, -0.1) is 12.4 Å². The van der Waals surface area contributed by atoms with Crippen LogP contribution in [0.5, 0.6) is 5.75 Å². The van der Waals surface area contributed by atoms with Crippen LogP contribution in [0, 0.1) is 0 Å². The van der Waals surface area contributed by atoms with Gasteiger partial charge in [0.15, 0.2) is 0 Å². The lowest BCUT2D eigenvalue weighted by Gasteiger charge is -2.26. The Hall–Kier alpha value is -2.58. The van der Waals surface area contributed by atoms with Crippen LogP contribution in [-0.2, 0) is 13.1 Å². The van der Waals surface area contributed by atoms with Crippen LogP contribution < -0.4 is 10.1 Å². The van der Waals surface area contributed by atoms with Gasteiger partial charge in [-0.2, -0.15) is 0 Å². The molecular formula is C25H30ClN3O4. The van der Waals surface area contributed by atoms with E-state index in [0.29, 0.717) is 17.9 Å². The molecule has 1 saturated heterocycles. The molecule has 8 heteroatoms. The summed E-state index contributed by atoms with van der Waals surface area (Å²) in [7, 11) is 0. The van der Waals surface area contributed by atoms with Crippen LogP contribution in [0.15, 0.2) is 36.4 Å². The van der Waals surface area contributed by atoms with Crippen LogP contribution in [-0.4, -0.2) is 58.4 Å². The lowest BCUT2D eigenvalue weighted by atomic mass is 9.99. The molecule has 2 aliphatic rings. The number of rotatable bonds is 7. The maximum absolute atomic E-state index is 12.6. The fourth-order valence-electron chi connectivity index (χ4n) is 4.72. The molecular weight excluding hydrogens is 442 g/mol. The number of amides is 1. The Balaban J connectivity index is 0.00000259. The van der Waals surface area contributed by atoms with Gasteiger partial charge in [-0.25, -0.2) is 0 Å². The van der Waals surface area contributed by atoms with E-state index in [2.05, 4.69) is 39.5 Å². The van der Waals surface area contributed by atoms with Crippen molar-refractivity contribution in [3.63, 3.8) is 0 Å². The van der Waals surface area contributed by atoms with E-state index in [-0.39, 0.29) is 31.5 Å². The van der Waals surface area contributed by atoms with Gasteiger partial charge >= 0.3 is 0 Å². The van der Waals surface area contributed by atoms with Gasteiger partial charge in [-0.3, -0.25) is 9.69 Å². The highest BCUT2D eigenvalue weighted by Crippen LogP contribution is 2.36. The van der Waals surface area contributed by atoms with Crippen molar-refractivity contribution < 1.29 is 19.7 Å². The normalized spacial score (nSPS) is 16.8. The molecule has 176 valence electrons. The van der Waals surface area contributed by atoms with Crippen LogP contribution >= 0.6 is 12.4 Å². The summed E-state index contributed by atoms with van der Waals surface area (Å²) in [5.41, 5.74) is 5.45. The van der Waals surface area contributed by atoms with Gasteiger partial charge in [0, 0.05) is 40.8 Å². The average Bonchev–Trinajstić information content (AvgIpc) is 3.42. The molecule has 33 heavy (non-hydrogen) atoms. The molecule has 0 aliphatic carbocycles. The summed E-state index contributed by atoms with van der Waals surface area (Å²) in [5.74, 6) is 0.419. The van der Waals surface area contributed by atoms with Gasteiger partial charge in [-0.05, 0) is 61.8 Å². The number of piperidine rings is 1. The minimum Gasteiger partial charge on any atom is -0.490 e. The van der Waals surface area contributed by atoms with E-state index < -0.39 is 6.10 Å². The van der Waals surface area contributed by atoms with E-state index >= 15 is 0 Å². The lowest BCUT2D eigenvalue weighted by Crippen LogP contribution is -2.28. The Labute approximate surface area is 199 Å². The number of carbonyl (C=O) groups excluding carboxylic acids is 1. The average molecular weight is 472 g/mol. The molecule has 0 bridgehead atoms. The number of fused-ring (bicyclic) bond motifs is 2. The first kappa shape index (κ1) is 23.6. The molecule has 1 aromatic heterocycles. The zero-order valence-electron chi connectivity index (χ0n) is 18.5. The number of aliphatic hydroxyl groups excluding tert-OH is 2. The number of likely N-dealkylation sites (tertiary alicyclic amines) is 1. The monoisotopic (exact) mass is 471 g/mol. The van der Waals surface area contributed by atoms with E-state index in [1.165, 1.54) is 37.9 Å². The Morgan fingerprint density at radius 2 is 1.91 bits per heavy atom. The first-order valence-corrected chi connectivity index (χ1v) is 11.3. The van der Waals surface area contributed by atoms with Gasteiger partial charge in [-0.1, -0.05) is 12.5 Å². The predicted octanol–water partition coefficient (Wildman–Crippen LogP) is 3.22. The smallest absolute Gasteiger partial charge is 0.252 e. The number of aliphatic hydroxyl groups is 2. The van der Waals surface area contributed by atoms with Crippen molar-refractivity contribution in [2.45, 2.75) is 38.5 Å². The largest absolute Gasteiger partial charge is 0.490 e. The molecule has 3 aromatic rings. The second-order valence-corrected chi connectivity index (χ2v) is 8.74. The van der Waals surface area contributed by atoms with Crippen molar-refractivity contribution in [2.24, 2.45) is 0 Å². The van der Waals surface area contributed by atoms with Crippen LogP contribution in [0.2, 0.25) is 0 Å².